The molecule has 2 aromatic carbocycles. The van der Waals surface area contributed by atoms with Crippen molar-refractivity contribution in [3.63, 3.8) is 0 Å². The first-order chi connectivity index (χ1) is 11.7. The summed E-state index contributed by atoms with van der Waals surface area (Å²) in [6, 6.07) is 17.1. The number of nitrogens with zero attached hydrogens (tertiary/aromatic N) is 1. The molecule has 0 aliphatic heterocycles. The number of para-hydroxylation sites is 1. The summed E-state index contributed by atoms with van der Waals surface area (Å²) in [7, 11) is 0. The van der Waals surface area contributed by atoms with Crippen molar-refractivity contribution in [2.24, 2.45) is 10.7 Å². The van der Waals surface area contributed by atoms with Crippen molar-refractivity contribution >= 4 is 41.5 Å². The summed E-state index contributed by atoms with van der Waals surface area (Å²) in [5.41, 5.74) is 8.43. The normalized spacial score (nSPS) is 10.7. The fourth-order valence-corrected chi connectivity index (χ4v) is 2.13. The van der Waals surface area contributed by atoms with Gasteiger partial charge in [0.2, 0.25) is 0 Å². The van der Waals surface area contributed by atoms with E-state index in [9.17, 15) is 4.79 Å². The lowest BCUT2D eigenvalue weighted by Gasteiger charge is -2.06. The van der Waals surface area contributed by atoms with E-state index in [1.807, 2.05) is 54.6 Å². The van der Waals surface area contributed by atoms with Crippen molar-refractivity contribution in [3.05, 3.63) is 65.7 Å². The van der Waals surface area contributed by atoms with Gasteiger partial charge in [0.05, 0.1) is 6.54 Å². The first-order valence-electron chi connectivity index (χ1n) is 8.18. The molecule has 0 aromatic heterocycles. The van der Waals surface area contributed by atoms with Gasteiger partial charge in [-0.25, -0.2) is 4.99 Å². The minimum absolute atomic E-state index is 0. The second kappa shape index (κ2) is 11.5. The fourth-order valence-electron chi connectivity index (χ4n) is 2.13. The summed E-state index contributed by atoms with van der Waals surface area (Å²) >= 11 is 0. The van der Waals surface area contributed by atoms with Gasteiger partial charge in [0.15, 0.2) is 5.96 Å². The van der Waals surface area contributed by atoms with E-state index in [1.165, 1.54) is 0 Å². The van der Waals surface area contributed by atoms with Crippen molar-refractivity contribution in [1.29, 1.82) is 0 Å². The van der Waals surface area contributed by atoms with Gasteiger partial charge in [-0.05, 0) is 36.2 Å². The Hall–Kier alpha value is -2.09. The zero-order valence-corrected chi connectivity index (χ0v) is 16.7. The molecule has 2 aromatic rings. The first kappa shape index (κ1) is 21.0. The van der Waals surface area contributed by atoms with E-state index in [0.717, 1.165) is 24.1 Å². The van der Waals surface area contributed by atoms with Crippen LogP contribution in [-0.2, 0) is 6.54 Å². The van der Waals surface area contributed by atoms with E-state index >= 15 is 0 Å². The van der Waals surface area contributed by atoms with Gasteiger partial charge in [-0.2, -0.15) is 0 Å². The number of nitrogens with two attached hydrogens (primary N) is 1. The minimum atomic E-state index is -0.0382. The molecule has 0 saturated carbocycles. The van der Waals surface area contributed by atoms with E-state index in [4.69, 9.17) is 5.73 Å². The molecule has 25 heavy (non-hydrogen) atoms. The lowest BCUT2D eigenvalue weighted by atomic mass is 10.1. The summed E-state index contributed by atoms with van der Waals surface area (Å²) in [6.45, 7) is 3.27. The molecule has 2 rings (SSSR count). The summed E-state index contributed by atoms with van der Waals surface area (Å²) < 4.78 is 0. The molecule has 0 aliphatic carbocycles. The minimum Gasteiger partial charge on any atom is -0.370 e. The lowest BCUT2D eigenvalue weighted by molar-refractivity contribution is 0.0953. The SMILES string of the molecule is CCCCNC(=O)c1ccc(CN=C(N)Nc2ccccc2)cc1.I. The number of carbonyl (C=O) groups is 1. The standard InChI is InChI=1S/C19H24N4O.HI/c1-2-3-13-21-18(24)16-11-9-15(10-12-16)14-22-19(20)23-17-7-5-4-6-8-17;/h4-12H,2-3,13-14H2,1H3,(H,21,24)(H3,20,22,23);1H. The number of amides is 1. The van der Waals surface area contributed by atoms with Crippen LogP contribution in [0.15, 0.2) is 59.6 Å². The third-order valence-corrected chi connectivity index (χ3v) is 3.51. The number of aliphatic imine (C=N–C) groups is 1. The van der Waals surface area contributed by atoms with Gasteiger partial charge in [0.25, 0.3) is 5.91 Å². The zero-order valence-electron chi connectivity index (χ0n) is 14.4. The van der Waals surface area contributed by atoms with Crippen LogP contribution in [-0.4, -0.2) is 18.4 Å². The molecule has 0 fully saturated rings. The van der Waals surface area contributed by atoms with Gasteiger partial charge in [-0.15, -0.1) is 24.0 Å². The molecular weight excluding hydrogens is 427 g/mol. The predicted molar refractivity (Wildman–Crippen MR) is 114 cm³/mol. The van der Waals surface area contributed by atoms with Crippen LogP contribution in [0.2, 0.25) is 0 Å². The van der Waals surface area contributed by atoms with Crippen LogP contribution >= 0.6 is 24.0 Å². The van der Waals surface area contributed by atoms with Gasteiger partial charge in [-0.1, -0.05) is 43.7 Å². The van der Waals surface area contributed by atoms with Crippen LogP contribution in [0.4, 0.5) is 5.69 Å². The Morgan fingerprint density at radius 2 is 1.76 bits per heavy atom. The Bertz CT molecular complexity index is 672. The van der Waals surface area contributed by atoms with Crippen molar-refractivity contribution < 1.29 is 4.79 Å². The number of halogens is 1. The number of hydrogen-bond acceptors (Lipinski definition) is 2. The number of unbranched alkanes of at least 4 members (excludes halogenated alkanes) is 1. The van der Waals surface area contributed by atoms with Gasteiger partial charge in [0.1, 0.15) is 0 Å². The zero-order chi connectivity index (χ0) is 17.2. The van der Waals surface area contributed by atoms with Crippen LogP contribution in [0.25, 0.3) is 0 Å². The summed E-state index contributed by atoms with van der Waals surface area (Å²) in [5, 5.41) is 5.93. The van der Waals surface area contributed by atoms with Gasteiger partial charge < -0.3 is 16.4 Å². The number of guanidine groups is 1. The summed E-state index contributed by atoms with van der Waals surface area (Å²) in [4.78, 5) is 16.2. The van der Waals surface area contributed by atoms with Gasteiger partial charge in [-0.3, -0.25) is 4.79 Å². The molecule has 5 nitrogen and oxygen atoms in total. The molecular formula is C19H25IN4O. The largest absolute Gasteiger partial charge is 0.370 e. The Morgan fingerprint density at radius 1 is 1.08 bits per heavy atom. The van der Waals surface area contributed by atoms with E-state index in [0.29, 0.717) is 24.6 Å². The van der Waals surface area contributed by atoms with Crippen LogP contribution in [0, 0.1) is 0 Å². The second-order valence-corrected chi connectivity index (χ2v) is 5.50. The molecule has 0 atom stereocenters. The molecule has 0 heterocycles. The Morgan fingerprint density at radius 3 is 2.40 bits per heavy atom. The lowest BCUT2D eigenvalue weighted by Crippen LogP contribution is -2.24. The highest BCUT2D eigenvalue weighted by Gasteiger charge is 2.04. The highest BCUT2D eigenvalue weighted by molar-refractivity contribution is 14.0. The van der Waals surface area contributed by atoms with Crippen molar-refractivity contribution in [2.75, 3.05) is 11.9 Å². The monoisotopic (exact) mass is 452 g/mol. The Balaban J connectivity index is 0.00000312. The molecule has 0 bridgehead atoms. The molecule has 4 N–H and O–H groups in total. The molecule has 0 aliphatic rings. The topological polar surface area (TPSA) is 79.5 Å². The first-order valence-corrected chi connectivity index (χ1v) is 8.18. The van der Waals surface area contributed by atoms with Crippen LogP contribution in [0.1, 0.15) is 35.7 Å². The van der Waals surface area contributed by atoms with Crippen LogP contribution in [0.5, 0.6) is 0 Å². The van der Waals surface area contributed by atoms with E-state index in [1.54, 1.807) is 0 Å². The van der Waals surface area contributed by atoms with Crippen molar-refractivity contribution in [1.82, 2.24) is 5.32 Å². The number of benzene rings is 2. The molecule has 0 spiro atoms. The molecule has 0 saturated heterocycles. The molecule has 1 amide bonds. The Labute approximate surface area is 166 Å². The quantitative estimate of drug-likeness (QED) is 0.259. The summed E-state index contributed by atoms with van der Waals surface area (Å²) in [6.07, 6.45) is 2.06. The molecule has 0 radical (unpaired) electrons. The maximum atomic E-state index is 11.9. The van der Waals surface area contributed by atoms with E-state index in [-0.39, 0.29) is 29.9 Å². The maximum Gasteiger partial charge on any atom is 0.251 e. The number of rotatable bonds is 7. The van der Waals surface area contributed by atoms with Crippen LogP contribution < -0.4 is 16.4 Å². The predicted octanol–water partition coefficient (Wildman–Crippen LogP) is 3.76. The molecule has 6 heteroatoms. The van der Waals surface area contributed by atoms with Crippen LogP contribution in [0.3, 0.4) is 0 Å². The average molecular weight is 452 g/mol. The number of carbonyl (C=O) groups excluding carboxylic acids is 1. The average Bonchev–Trinajstić information content (AvgIpc) is 2.61. The maximum absolute atomic E-state index is 11.9. The van der Waals surface area contributed by atoms with E-state index < -0.39 is 0 Å². The summed E-state index contributed by atoms with van der Waals surface area (Å²) in [5.74, 6) is 0.325. The molecule has 134 valence electrons. The Kier molecular flexibility index (Phi) is 9.61. The van der Waals surface area contributed by atoms with Gasteiger partial charge in [0, 0.05) is 17.8 Å². The highest BCUT2D eigenvalue weighted by Crippen LogP contribution is 2.07. The number of nitrogens with one attached hydrogen (secondary N) is 2. The number of hydrogen-bond donors (Lipinski definition) is 3. The third kappa shape index (κ3) is 7.55. The van der Waals surface area contributed by atoms with Crippen molar-refractivity contribution in [3.8, 4) is 0 Å². The molecule has 0 unspecified atom stereocenters. The second-order valence-electron chi connectivity index (χ2n) is 5.50. The highest BCUT2D eigenvalue weighted by atomic mass is 127. The third-order valence-electron chi connectivity index (χ3n) is 3.51. The fraction of sp³-hybridized carbons (Fsp3) is 0.263. The van der Waals surface area contributed by atoms with Gasteiger partial charge >= 0.3 is 0 Å². The number of anilines is 1. The van der Waals surface area contributed by atoms with Crippen molar-refractivity contribution in [2.45, 2.75) is 26.3 Å². The smallest absolute Gasteiger partial charge is 0.251 e. The van der Waals surface area contributed by atoms with E-state index in [2.05, 4.69) is 22.5 Å².